The van der Waals surface area contributed by atoms with E-state index in [1.807, 2.05) is 13.8 Å². The van der Waals surface area contributed by atoms with Gasteiger partial charge in [0.2, 0.25) is 5.91 Å². The van der Waals surface area contributed by atoms with E-state index in [0.29, 0.717) is 18.5 Å². The molecule has 1 amide bonds. The molecule has 3 rings (SSSR count). The first-order chi connectivity index (χ1) is 15.3. The molecule has 5 nitrogen and oxygen atoms in total. The van der Waals surface area contributed by atoms with Gasteiger partial charge in [0, 0.05) is 12.0 Å². The standard InChI is InChI=1S/C22H22F6N4O/c1-4-13-11-17-29-20(30-18(33)9-12(3)21(23,24)25)19(32(17)31-16(13)5-2)14-7-6-8-15(10-14)22(26,27)28/h6-8,10-12H,4-5,9H2,1-3H3,(H,30,33). The number of carbonyl (C=O) groups excluding carboxylic acids is 1. The summed E-state index contributed by atoms with van der Waals surface area (Å²) in [6.45, 7) is 4.65. The number of nitrogens with one attached hydrogen (secondary N) is 1. The zero-order chi connectivity index (χ0) is 24.6. The number of aromatic nitrogens is 3. The first-order valence-electron chi connectivity index (χ1n) is 10.3. The van der Waals surface area contributed by atoms with E-state index >= 15 is 0 Å². The number of fused-ring (bicyclic) bond motifs is 1. The maximum atomic E-state index is 13.3. The summed E-state index contributed by atoms with van der Waals surface area (Å²) in [6.07, 6.45) is -8.85. The Kier molecular flexibility index (Phi) is 6.71. The molecule has 2 aromatic heterocycles. The van der Waals surface area contributed by atoms with Crippen molar-refractivity contribution in [2.75, 3.05) is 5.32 Å². The maximum Gasteiger partial charge on any atom is 0.416 e. The highest BCUT2D eigenvalue weighted by Crippen LogP contribution is 2.35. The molecule has 1 atom stereocenters. The van der Waals surface area contributed by atoms with Gasteiger partial charge in [0.05, 0.1) is 17.2 Å². The Bertz CT molecular complexity index is 1170. The van der Waals surface area contributed by atoms with Crippen LogP contribution in [0.25, 0.3) is 16.9 Å². The second-order valence-electron chi connectivity index (χ2n) is 7.68. The van der Waals surface area contributed by atoms with Gasteiger partial charge in [0.1, 0.15) is 5.69 Å². The summed E-state index contributed by atoms with van der Waals surface area (Å²) < 4.78 is 79.8. The summed E-state index contributed by atoms with van der Waals surface area (Å²) in [7, 11) is 0. The topological polar surface area (TPSA) is 59.3 Å². The second-order valence-corrected chi connectivity index (χ2v) is 7.68. The number of carbonyl (C=O) groups is 1. The van der Waals surface area contributed by atoms with Crippen molar-refractivity contribution in [3.05, 3.63) is 47.2 Å². The average Bonchev–Trinajstić information content (AvgIpc) is 3.07. The molecule has 2 heterocycles. The van der Waals surface area contributed by atoms with Gasteiger partial charge in [-0.15, -0.1) is 0 Å². The lowest BCUT2D eigenvalue weighted by Crippen LogP contribution is -2.25. The molecule has 0 fully saturated rings. The van der Waals surface area contributed by atoms with E-state index in [2.05, 4.69) is 15.4 Å². The number of benzene rings is 1. The van der Waals surface area contributed by atoms with Crippen LogP contribution in [0.2, 0.25) is 0 Å². The van der Waals surface area contributed by atoms with Gasteiger partial charge in [-0.3, -0.25) is 4.79 Å². The number of hydrogen-bond donors (Lipinski definition) is 1. The lowest BCUT2D eigenvalue weighted by atomic mass is 10.1. The van der Waals surface area contributed by atoms with Crippen molar-refractivity contribution in [1.82, 2.24) is 14.6 Å². The van der Waals surface area contributed by atoms with Gasteiger partial charge >= 0.3 is 12.4 Å². The Morgan fingerprint density at radius 3 is 2.36 bits per heavy atom. The number of imidazole rings is 1. The summed E-state index contributed by atoms with van der Waals surface area (Å²) in [5.74, 6) is -3.01. The lowest BCUT2D eigenvalue weighted by molar-refractivity contribution is -0.173. The number of aryl methyl sites for hydroxylation is 2. The van der Waals surface area contributed by atoms with Gasteiger partial charge in [-0.1, -0.05) is 32.9 Å². The minimum absolute atomic E-state index is 0.0569. The van der Waals surface area contributed by atoms with Gasteiger partial charge in [-0.2, -0.15) is 31.4 Å². The molecule has 0 radical (unpaired) electrons. The molecule has 3 aromatic rings. The molecule has 0 aliphatic carbocycles. The minimum Gasteiger partial charge on any atom is -0.309 e. The van der Waals surface area contributed by atoms with E-state index in [-0.39, 0.29) is 22.7 Å². The van der Waals surface area contributed by atoms with E-state index < -0.39 is 36.2 Å². The monoisotopic (exact) mass is 472 g/mol. The maximum absolute atomic E-state index is 13.3. The van der Waals surface area contributed by atoms with Crippen LogP contribution in [0.5, 0.6) is 0 Å². The molecule has 1 aromatic carbocycles. The van der Waals surface area contributed by atoms with Crippen molar-refractivity contribution in [3.8, 4) is 11.3 Å². The van der Waals surface area contributed by atoms with Crippen molar-refractivity contribution in [2.45, 2.75) is 52.4 Å². The van der Waals surface area contributed by atoms with Gasteiger partial charge in [0.25, 0.3) is 0 Å². The zero-order valence-electron chi connectivity index (χ0n) is 18.1. The van der Waals surface area contributed by atoms with Crippen LogP contribution in [0.15, 0.2) is 30.3 Å². The molecule has 1 unspecified atom stereocenters. The number of alkyl halides is 6. The number of halogens is 6. The predicted molar refractivity (Wildman–Crippen MR) is 111 cm³/mol. The van der Waals surface area contributed by atoms with Gasteiger partial charge in [-0.05, 0) is 36.6 Å². The van der Waals surface area contributed by atoms with Gasteiger partial charge in [-0.25, -0.2) is 9.50 Å². The SMILES string of the molecule is CCc1cc2nc(NC(=O)CC(C)C(F)(F)F)c(-c3cccc(C(F)(F)F)c3)n2nc1CC. The van der Waals surface area contributed by atoms with Crippen LogP contribution in [-0.2, 0) is 23.8 Å². The fourth-order valence-electron chi connectivity index (χ4n) is 3.42. The van der Waals surface area contributed by atoms with Gasteiger partial charge < -0.3 is 5.32 Å². The zero-order valence-corrected chi connectivity index (χ0v) is 18.1. The molecule has 0 spiro atoms. The largest absolute Gasteiger partial charge is 0.416 e. The normalized spacial score (nSPS) is 13.4. The van der Waals surface area contributed by atoms with E-state index in [0.717, 1.165) is 24.6 Å². The highest BCUT2D eigenvalue weighted by molar-refractivity contribution is 5.94. The molecule has 11 heteroatoms. The molecule has 0 saturated carbocycles. The van der Waals surface area contributed by atoms with Crippen LogP contribution >= 0.6 is 0 Å². The van der Waals surface area contributed by atoms with Crippen LogP contribution in [0, 0.1) is 5.92 Å². The first kappa shape index (κ1) is 24.5. The molecule has 0 saturated heterocycles. The van der Waals surface area contributed by atoms with E-state index in [4.69, 9.17) is 0 Å². The van der Waals surface area contributed by atoms with E-state index in [1.54, 1.807) is 6.07 Å². The van der Waals surface area contributed by atoms with E-state index in [1.165, 1.54) is 16.6 Å². The molecule has 0 aliphatic heterocycles. The number of amides is 1. The summed E-state index contributed by atoms with van der Waals surface area (Å²) in [6, 6.07) is 6.09. The van der Waals surface area contributed by atoms with Crippen molar-refractivity contribution in [2.24, 2.45) is 5.92 Å². The van der Waals surface area contributed by atoms with Crippen LogP contribution < -0.4 is 5.32 Å². The van der Waals surface area contributed by atoms with Crippen molar-refractivity contribution in [3.63, 3.8) is 0 Å². The third-order valence-electron chi connectivity index (χ3n) is 5.26. The van der Waals surface area contributed by atoms with Crippen molar-refractivity contribution < 1.29 is 31.1 Å². The molecule has 178 valence electrons. The summed E-state index contributed by atoms with van der Waals surface area (Å²) >= 11 is 0. The lowest BCUT2D eigenvalue weighted by Gasteiger charge is -2.15. The summed E-state index contributed by atoms with van der Waals surface area (Å²) in [5, 5.41) is 6.84. The summed E-state index contributed by atoms with van der Waals surface area (Å²) in [4.78, 5) is 16.6. The second kappa shape index (κ2) is 9.03. The van der Waals surface area contributed by atoms with E-state index in [9.17, 15) is 31.1 Å². The molecular weight excluding hydrogens is 450 g/mol. The van der Waals surface area contributed by atoms with Crippen molar-refractivity contribution >= 4 is 17.4 Å². The highest BCUT2D eigenvalue weighted by Gasteiger charge is 2.37. The van der Waals surface area contributed by atoms with Crippen LogP contribution in [0.1, 0.15) is 44.0 Å². The molecule has 0 bridgehead atoms. The number of nitrogens with zero attached hydrogens (tertiary/aromatic N) is 3. The Hall–Kier alpha value is -3.11. The quantitative estimate of drug-likeness (QED) is 0.443. The number of anilines is 1. The number of hydrogen-bond acceptors (Lipinski definition) is 3. The highest BCUT2D eigenvalue weighted by atomic mass is 19.4. The van der Waals surface area contributed by atoms with Crippen LogP contribution in [-0.4, -0.2) is 26.7 Å². The Morgan fingerprint density at radius 2 is 1.79 bits per heavy atom. The Morgan fingerprint density at radius 1 is 1.09 bits per heavy atom. The molecular formula is C22H22F6N4O. The molecule has 1 N–H and O–H groups in total. The predicted octanol–water partition coefficient (Wildman–Crippen LogP) is 6.07. The van der Waals surface area contributed by atoms with Crippen LogP contribution in [0.3, 0.4) is 0 Å². The third-order valence-corrected chi connectivity index (χ3v) is 5.26. The van der Waals surface area contributed by atoms with Crippen molar-refractivity contribution in [1.29, 1.82) is 0 Å². The molecule has 0 aliphatic rings. The first-order valence-corrected chi connectivity index (χ1v) is 10.3. The fourth-order valence-corrected chi connectivity index (χ4v) is 3.42. The minimum atomic E-state index is -4.61. The Labute approximate surface area is 185 Å². The summed E-state index contributed by atoms with van der Waals surface area (Å²) in [5.41, 5.74) is 1.03. The third kappa shape index (κ3) is 5.28. The molecule has 33 heavy (non-hydrogen) atoms. The number of rotatable bonds is 6. The van der Waals surface area contributed by atoms with Crippen LogP contribution in [0.4, 0.5) is 32.2 Å². The fraction of sp³-hybridized carbons (Fsp3) is 0.409. The smallest absolute Gasteiger partial charge is 0.309 e. The van der Waals surface area contributed by atoms with Gasteiger partial charge in [0.15, 0.2) is 11.5 Å². The Balaban J connectivity index is 2.16. The average molecular weight is 472 g/mol.